The number of allylic oxidation sites excluding steroid dienone is 8. The van der Waals surface area contributed by atoms with E-state index in [1.54, 1.807) is 0 Å². The molecule has 0 saturated heterocycles. The molecule has 0 saturated carbocycles. The number of carbonyl (C=O) groups is 2. The van der Waals surface area contributed by atoms with E-state index >= 15 is 0 Å². The zero-order chi connectivity index (χ0) is 34.7. The minimum absolute atomic E-state index is 0.0455. The molecule has 10 heteroatoms. The number of hydrogen-bond donors (Lipinski definition) is 2. The fourth-order valence-corrected chi connectivity index (χ4v) is 5.33. The van der Waals surface area contributed by atoms with Gasteiger partial charge in [0.05, 0.1) is 13.2 Å². The van der Waals surface area contributed by atoms with Gasteiger partial charge in [-0.1, -0.05) is 127 Å². The first kappa shape index (κ1) is 45.0. The molecule has 9 nitrogen and oxygen atoms in total. The van der Waals surface area contributed by atoms with Crippen LogP contribution in [0.4, 0.5) is 0 Å². The largest absolute Gasteiger partial charge is 0.472 e. The Morgan fingerprint density at radius 3 is 1.74 bits per heavy atom. The summed E-state index contributed by atoms with van der Waals surface area (Å²) in [6.45, 7) is 3.53. The fourth-order valence-electron chi connectivity index (χ4n) is 4.56. The zero-order valence-electron chi connectivity index (χ0n) is 29.5. The topological polar surface area (TPSA) is 134 Å². The van der Waals surface area contributed by atoms with E-state index in [0.29, 0.717) is 6.42 Å². The van der Waals surface area contributed by atoms with E-state index in [0.717, 1.165) is 57.8 Å². The van der Waals surface area contributed by atoms with Gasteiger partial charge in [-0.2, -0.15) is 0 Å². The van der Waals surface area contributed by atoms with E-state index in [-0.39, 0.29) is 32.6 Å². The van der Waals surface area contributed by atoms with Crippen LogP contribution in [0.1, 0.15) is 142 Å². The lowest BCUT2D eigenvalue weighted by Gasteiger charge is -2.19. The van der Waals surface area contributed by atoms with Crippen molar-refractivity contribution in [2.45, 2.75) is 148 Å². The normalized spacial score (nSPS) is 14.0. The van der Waals surface area contributed by atoms with Crippen molar-refractivity contribution >= 4 is 19.8 Å². The summed E-state index contributed by atoms with van der Waals surface area (Å²) in [5.41, 5.74) is 5.32. The van der Waals surface area contributed by atoms with Crippen molar-refractivity contribution in [3.63, 3.8) is 0 Å². The lowest BCUT2D eigenvalue weighted by atomic mass is 10.1. The number of carbonyl (C=O) groups excluding carboxylic acids is 2. The number of nitrogens with two attached hydrogens (primary N) is 1. The van der Waals surface area contributed by atoms with Gasteiger partial charge in [0.25, 0.3) is 0 Å². The summed E-state index contributed by atoms with van der Waals surface area (Å²) in [4.78, 5) is 34.6. The number of ether oxygens (including phenoxy) is 2. The van der Waals surface area contributed by atoms with Crippen LogP contribution >= 0.6 is 7.82 Å². The Morgan fingerprint density at radius 2 is 1.17 bits per heavy atom. The minimum atomic E-state index is -4.38. The van der Waals surface area contributed by atoms with Gasteiger partial charge in [-0.3, -0.25) is 18.6 Å². The van der Waals surface area contributed by atoms with Crippen LogP contribution in [0, 0.1) is 0 Å². The van der Waals surface area contributed by atoms with Gasteiger partial charge >= 0.3 is 19.8 Å². The Hall–Kier alpha value is -2.03. The van der Waals surface area contributed by atoms with Crippen molar-refractivity contribution in [2.75, 3.05) is 26.4 Å². The SMILES string of the molecule is CCC=CCC=CCC=CCC=CCCCCC(=O)OC(COC(=O)CCCCCCCCCCCCC)COP(=O)(O)OCCN. The average molecular weight is 684 g/mol. The number of phosphoric ester groups is 1. The number of unbranched alkanes of at least 4 members (excludes halogenated alkanes) is 12. The molecule has 0 amide bonds. The predicted octanol–water partition coefficient (Wildman–Crippen LogP) is 9.60. The van der Waals surface area contributed by atoms with Crippen molar-refractivity contribution in [3.8, 4) is 0 Å². The summed E-state index contributed by atoms with van der Waals surface area (Å²) in [5, 5.41) is 0. The third-order valence-corrected chi connectivity index (χ3v) is 8.21. The second-order valence-corrected chi connectivity index (χ2v) is 13.2. The minimum Gasteiger partial charge on any atom is -0.462 e. The fraction of sp³-hybridized carbons (Fsp3) is 0.730. The molecule has 0 fully saturated rings. The van der Waals surface area contributed by atoms with E-state index in [1.165, 1.54) is 51.4 Å². The van der Waals surface area contributed by atoms with Crippen molar-refractivity contribution in [3.05, 3.63) is 48.6 Å². The van der Waals surface area contributed by atoms with Crippen LogP contribution in [-0.4, -0.2) is 49.3 Å². The smallest absolute Gasteiger partial charge is 0.462 e. The molecule has 272 valence electrons. The molecule has 0 bridgehead atoms. The van der Waals surface area contributed by atoms with Gasteiger partial charge in [0.2, 0.25) is 0 Å². The summed E-state index contributed by atoms with van der Waals surface area (Å²) in [7, 11) is -4.38. The van der Waals surface area contributed by atoms with Crippen LogP contribution in [0.2, 0.25) is 0 Å². The molecule has 0 heterocycles. The zero-order valence-corrected chi connectivity index (χ0v) is 30.4. The van der Waals surface area contributed by atoms with E-state index < -0.39 is 32.5 Å². The molecule has 0 radical (unpaired) electrons. The molecule has 3 N–H and O–H groups in total. The summed E-state index contributed by atoms with van der Waals surface area (Å²) in [6.07, 6.45) is 35.8. The van der Waals surface area contributed by atoms with E-state index in [4.69, 9.17) is 24.3 Å². The van der Waals surface area contributed by atoms with Crippen LogP contribution < -0.4 is 5.73 Å². The third kappa shape index (κ3) is 33.7. The van der Waals surface area contributed by atoms with Gasteiger partial charge in [0.1, 0.15) is 6.61 Å². The van der Waals surface area contributed by atoms with Crippen LogP contribution in [0.25, 0.3) is 0 Å². The second-order valence-electron chi connectivity index (χ2n) is 11.7. The van der Waals surface area contributed by atoms with Gasteiger partial charge in [-0.05, 0) is 51.4 Å². The molecule has 0 aliphatic heterocycles. The Bertz CT molecular complexity index is 918. The van der Waals surface area contributed by atoms with E-state index in [9.17, 15) is 19.0 Å². The molecule has 0 spiro atoms. The van der Waals surface area contributed by atoms with Crippen molar-refractivity contribution < 1.29 is 37.6 Å². The Balaban J connectivity index is 4.34. The number of phosphoric acid groups is 1. The second kappa shape index (κ2) is 33.9. The highest BCUT2D eigenvalue weighted by Crippen LogP contribution is 2.43. The molecule has 0 aliphatic rings. The van der Waals surface area contributed by atoms with Crippen LogP contribution in [0.3, 0.4) is 0 Å². The first-order valence-electron chi connectivity index (χ1n) is 18.1. The number of rotatable bonds is 33. The van der Waals surface area contributed by atoms with Gasteiger partial charge in [-0.15, -0.1) is 0 Å². The van der Waals surface area contributed by atoms with Crippen molar-refractivity contribution in [2.24, 2.45) is 5.73 Å². The first-order chi connectivity index (χ1) is 22.8. The van der Waals surface area contributed by atoms with Crippen LogP contribution in [0.15, 0.2) is 48.6 Å². The molecule has 0 aromatic heterocycles. The molecule has 0 aromatic rings. The van der Waals surface area contributed by atoms with Crippen molar-refractivity contribution in [1.82, 2.24) is 0 Å². The average Bonchev–Trinajstić information content (AvgIpc) is 3.05. The maximum absolute atomic E-state index is 12.5. The standard InChI is InChI=1S/C37H66NO8P/c1-3-5-7-9-11-13-15-16-17-18-20-22-24-26-28-30-37(40)46-35(34-45-47(41,42)44-32-31-38)33-43-36(39)29-27-25-23-21-19-14-12-10-8-6-4-2/h5,7,11,13,16-17,20,22,35H,3-4,6,8-10,12,14-15,18-19,21,23-34,38H2,1-2H3,(H,41,42). The quantitative estimate of drug-likeness (QED) is 0.0300. The summed E-state index contributed by atoms with van der Waals surface area (Å²) in [6, 6.07) is 0. The Labute approximate surface area is 286 Å². The molecule has 47 heavy (non-hydrogen) atoms. The molecule has 0 aliphatic carbocycles. The lowest BCUT2D eigenvalue weighted by molar-refractivity contribution is -0.161. The van der Waals surface area contributed by atoms with Crippen molar-refractivity contribution in [1.29, 1.82) is 0 Å². The third-order valence-electron chi connectivity index (χ3n) is 7.23. The molecule has 2 unspecified atom stereocenters. The lowest BCUT2D eigenvalue weighted by Crippen LogP contribution is -2.29. The molecular formula is C37H66NO8P. The van der Waals surface area contributed by atoms with Gasteiger partial charge in [-0.25, -0.2) is 4.57 Å². The molecule has 0 rings (SSSR count). The van der Waals surface area contributed by atoms with Gasteiger partial charge in [0, 0.05) is 19.4 Å². The molecule has 0 aromatic carbocycles. The Morgan fingerprint density at radius 1 is 0.660 bits per heavy atom. The summed E-state index contributed by atoms with van der Waals surface area (Å²) < 4.78 is 32.5. The van der Waals surface area contributed by atoms with E-state index in [2.05, 4.69) is 62.5 Å². The van der Waals surface area contributed by atoms with Crippen LogP contribution in [0.5, 0.6) is 0 Å². The highest BCUT2D eigenvalue weighted by molar-refractivity contribution is 7.47. The number of esters is 2. The Kier molecular flexibility index (Phi) is 32.4. The summed E-state index contributed by atoms with van der Waals surface area (Å²) in [5.74, 6) is -0.882. The monoisotopic (exact) mass is 683 g/mol. The van der Waals surface area contributed by atoms with Gasteiger partial charge < -0.3 is 20.1 Å². The highest BCUT2D eigenvalue weighted by Gasteiger charge is 2.25. The summed E-state index contributed by atoms with van der Waals surface area (Å²) >= 11 is 0. The maximum Gasteiger partial charge on any atom is 0.472 e. The molecule has 2 atom stereocenters. The van der Waals surface area contributed by atoms with Gasteiger partial charge in [0.15, 0.2) is 6.10 Å². The highest BCUT2D eigenvalue weighted by atomic mass is 31.2. The first-order valence-corrected chi connectivity index (χ1v) is 19.6. The maximum atomic E-state index is 12.5. The molecular weight excluding hydrogens is 617 g/mol. The van der Waals surface area contributed by atoms with Crippen LogP contribution in [-0.2, 0) is 32.7 Å². The number of hydrogen-bond acceptors (Lipinski definition) is 8. The predicted molar refractivity (Wildman–Crippen MR) is 192 cm³/mol. The van der Waals surface area contributed by atoms with E-state index in [1.807, 2.05) is 0 Å².